The molecule has 0 unspecified atom stereocenters. The van der Waals surface area contributed by atoms with Gasteiger partial charge in [0.25, 0.3) is 0 Å². The van der Waals surface area contributed by atoms with Gasteiger partial charge in [0.05, 0.1) is 6.54 Å². The van der Waals surface area contributed by atoms with Crippen molar-refractivity contribution in [2.24, 2.45) is 0 Å². The van der Waals surface area contributed by atoms with Crippen molar-refractivity contribution in [1.82, 2.24) is 9.88 Å². The van der Waals surface area contributed by atoms with Crippen LogP contribution in [0, 0.1) is 0 Å². The Hall–Kier alpha value is -1.42. The minimum atomic E-state index is -0.799. The SMILES string of the molecule is CC(C)N(CC(=O)O)Cc1cccnc1. The van der Waals surface area contributed by atoms with Crippen LogP contribution >= 0.6 is 0 Å². The average molecular weight is 208 g/mol. The maximum atomic E-state index is 10.6. The van der Waals surface area contributed by atoms with Crippen molar-refractivity contribution in [3.63, 3.8) is 0 Å². The summed E-state index contributed by atoms with van der Waals surface area (Å²) in [5.74, 6) is -0.799. The molecule has 0 aliphatic carbocycles. The summed E-state index contributed by atoms with van der Waals surface area (Å²) in [6, 6.07) is 4.01. The number of carboxylic acids is 1. The number of hydrogen-bond donors (Lipinski definition) is 1. The largest absolute Gasteiger partial charge is 0.480 e. The van der Waals surface area contributed by atoms with E-state index >= 15 is 0 Å². The Kier molecular flexibility index (Phi) is 4.24. The van der Waals surface area contributed by atoms with Crippen LogP contribution in [0.15, 0.2) is 24.5 Å². The van der Waals surface area contributed by atoms with E-state index in [4.69, 9.17) is 5.11 Å². The van der Waals surface area contributed by atoms with Crippen LogP contribution in [0.1, 0.15) is 19.4 Å². The van der Waals surface area contributed by atoms with Gasteiger partial charge in [-0.3, -0.25) is 14.7 Å². The molecule has 1 heterocycles. The standard InChI is InChI=1S/C11H16N2O2/c1-9(2)13(8-11(14)15)7-10-4-3-5-12-6-10/h3-6,9H,7-8H2,1-2H3,(H,14,15). The Balaban J connectivity index is 2.63. The van der Waals surface area contributed by atoms with E-state index in [1.807, 2.05) is 30.9 Å². The highest BCUT2D eigenvalue weighted by molar-refractivity contribution is 5.69. The summed E-state index contributed by atoms with van der Waals surface area (Å²) in [7, 11) is 0. The number of pyridine rings is 1. The van der Waals surface area contributed by atoms with Crippen LogP contribution in [0.2, 0.25) is 0 Å². The van der Waals surface area contributed by atoms with Gasteiger partial charge >= 0.3 is 5.97 Å². The molecule has 4 nitrogen and oxygen atoms in total. The lowest BCUT2D eigenvalue weighted by Gasteiger charge is -2.24. The summed E-state index contributed by atoms with van der Waals surface area (Å²) < 4.78 is 0. The Morgan fingerprint density at radius 3 is 2.80 bits per heavy atom. The molecule has 0 fully saturated rings. The molecule has 0 aromatic carbocycles. The minimum absolute atomic E-state index is 0.0621. The third-order valence-electron chi connectivity index (χ3n) is 2.18. The van der Waals surface area contributed by atoms with Crippen molar-refractivity contribution in [2.75, 3.05) is 6.54 Å². The van der Waals surface area contributed by atoms with E-state index < -0.39 is 5.97 Å². The molecule has 0 aliphatic rings. The van der Waals surface area contributed by atoms with Crippen molar-refractivity contribution in [1.29, 1.82) is 0 Å². The first-order valence-electron chi connectivity index (χ1n) is 4.94. The van der Waals surface area contributed by atoms with Gasteiger partial charge in [0.1, 0.15) is 0 Å². The molecular weight excluding hydrogens is 192 g/mol. The van der Waals surface area contributed by atoms with Gasteiger partial charge in [0.15, 0.2) is 0 Å². The molecule has 1 N–H and O–H groups in total. The fourth-order valence-corrected chi connectivity index (χ4v) is 1.32. The zero-order valence-electron chi connectivity index (χ0n) is 9.05. The molecule has 0 amide bonds. The van der Waals surface area contributed by atoms with E-state index in [0.717, 1.165) is 5.56 Å². The number of carbonyl (C=O) groups is 1. The highest BCUT2D eigenvalue weighted by atomic mass is 16.4. The number of nitrogens with zero attached hydrogens (tertiary/aromatic N) is 2. The smallest absolute Gasteiger partial charge is 0.317 e. The topological polar surface area (TPSA) is 53.4 Å². The van der Waals surface area contributed by atoms with Crippen molar-refractivity contribution >= 4 is 5.97 Å². The van der Waals surface area contributed by atoms with E-state index in [2.05, 4.69) is 4.98 Å². The molecule has 0 aliphatic heterocycles. The van der Waals surface area contributed by atoms with E-state index in [9.17, 15) is 4.79 Å². The third-order valence-corrected chi connectivity index (χ3v) is 2.18. The predicted octanol–water partition coefficient (Wildman–Crippen LogP) is 1.38. The molecule has 1 aromatic rings. The monoisotopic (exact) mass is 208 g/mol. The van der Waals surface area contributed by atoms with Gasteiger partial charge in [0.2, 0.25) is 0 Å². The summed E-state index contributed by atoms with van der Waals surface area (Å²) in [5.41, 5.74) is 1.03. The zero-order valence-corrected chi connectivity index (χ0v) is 9.05. The summed E-state index contributed by atoms with van der Waals surface area (Å²) in [6.07, 6.45) is 3.47. The Labute approximate surface area is 89.6 Å². The maximum Gasteiger partial charge on any atom is 0.317 e. The normalized spacial score (nSPS) is 10.9. The number of carboxylic acid groups (broad SMARTS) is 1. The molecule has 0 saturated heterocycles. The van der Waals surface area contributed by atoms with Crippen LogP contribution in [0.25, 0.3) is 0 Å². The van der Waals surface area contributed by atoms with Crippen molar-refractivity contribution < 1.29 is 9.90 Å². The number of aliphatic carboxylic acids is 1. The van der Waals surface area contributed by atoms with Gasteiger partial charge < -0.3 is 5.11 Å². The van der Waals surface area contributed by atoms with Gasteiger partial charge in [-0.05, 0) is 25.5 Å². The maximum absolute atomic E-state index is 10.6. The molecule has 0 radical (unpaired) electrons. The second-order valence-corrected chi connectivity index (χ2v) is 3.75. The van der Waals surface area contributed by atoms with Crippen LogP contribution in [-0.2, 0) is 11.3 Å². The third kappa shape index (κ3) is 4.08. The molecule has 4 heteroatoms. The van der Waals surface area contributed by atoms with E-state index in [-0.39, 0.29) is 12.6 Å². The van der Waals surface area contributed by atoms with Crippen LogP contribution in [-0.4, -0.2) is 33.5 Å². The fourth-order valence-electron chi connectivity index (χ4n) is 1.32. The van der Waals surface area contributed by atoms with Crippen molar-refractivity contribution in [3.05, 3.63) is 30.1 Å². The first-order valence-corrected chi connectivity index (χ1v) is 4.94. The van der Waals surface area contributed by atoms with Gasteiger partial charge in [-0.25, -0.2) is 0 Å². The molecule has 0 atom stereocenters. The molecule has 0 saturated carbocycles. The van der Waals surface area contributed by atoms with Crippen LogP contribution < -0.4 is 0 Å². The second kappa shape index (κ2) is 5.46. The minimum Gasteiger partial charge on any atom is -0.480 e. The molecule has 1 rings (SSSR count). The van der Waals surface area contributed by atoms with Gasteiger partial charge in [-0.15, -0.1) is 0 Å². The van der Waals surface area contributed by atoms with Gasteiger partial charge in [-0.1, -0.05) is 6.07 Å². The number of hydrogen-bond acceptors (Lipinski definition) is 3. The lowest BCUT2D eigenvalue weighted by Crippen LogP contribution is -2.35. The fraction of sp³-hybridized carbons (Fsp3) is 0.455. The summed E-state index contributed by atoms with van der Waals surface area (Å²) in [6.45, 7) is 4.66. The first kappa shape index (κ1) is 11.7. The highest BCUT2D eigenvalue weighted by Gasteiger charge is 2.13. The van der Waals surface area contributed by atoms with Gasteiger partial charge in [0, 0.05) is 25.0 Å². The lowest BCUT2D eigenvalue weighted by molar-refractivity contribution is -0.138. The van der Waals surface area contributed by atoms with Crippen molar-refractivity contribution in [2.45, 2.75) is 26.4 Å². The van der Waals surface area contributed by atoms with Crippen LogP contribution in [0.5, 0.6) is 0 Å². The van der Waals surface area contributed by atoms with E-state index in [1.54, 1.807) is 12.4 Å². The number of aromatic nitrogens is 1. The Morgan fingerprint density at radius 1 is 1.60 bits per heavy atom. The Morgan fingerprint density at radius 2 is 2.33 bits per heavy atom. The quantitative estimate of drug-likeness (QED) is 0.794. The summed E-state index contributed by atoms with van der Waals surface area (Å²) >= 11 is 0. The van der Waals surface area contributed by atoms with Crippen molar-refractivity contribution in [3.8, 4) is 0 Å². The van der Waals surface area contributed by atoms with Crippen LogP contribution in [0.3, 0.4) is 0 Å². The van der Waals surface area contributed by atoms with E-state index in [1.165, 1.54) is 0 Å². The first-order chi connectivity index (χ1) is 7.09. The number of rotatable bonds is 5. The zero-order chi connectivity index (χ0) is 11.3. The molecule has 0 spiro atoms. The van der Waals surface area contributed by atoms with Gasteiger partial charge in [-0.2, -0.15) is 0 Å². The molecule has 0 bridgehead atoms. The molecular formula is C11H16N2O2. The molecule has 1 aromatic heterocycles. The Bertz CT molecular complexity index is 312. The predicted molar refractivity (Wildman–Crippen MR) is 57.4 cm³/mol. The summed E-state index contributed by atoms with van der Waals surface area (Å²) in [5, 5.41) is 8.75. The van der Waals surface area contributed by atoms with Crippen LogP contribution in [0.4, 0.5) is 0 Å². The average Bonchev–Trinajstić information content (AvgIpc) is 2.17. The molecule has 15 heavy (non-hydrogen) atoms. The highest BCUT2D eigenvalue weighted by Crippen LogP contribution is 2.06. The van der Waals surface area contributed by atoms with E-state index in [0.29, 0.717) is 6.54 Å². The lowest BCUT2D eigenvalue weighted by atomic mass is 10.2. The second-order valence-electron chi connectivity index (χ2n) is 3.75. The summed E-state index contributed by atoms with van der Waals surface area (Å²) in [4.78, 5) is 16.5. The molecule has 82 valence electrons.